The molecule has 0 saturated carbocycles. The van der Waals surface area contributed by atoms with Crippen LogP contribution in [0.2, 0.25) is 0 Å². The lowest BCUT2D eigenvalue weighted by Gasteiger charge is -2.18. The van der Waals surface area contributed by atoms with E-state index < -0.39 is 0 Å². The van der Waals surface area contributed by atoms with Gasteiger partial charge in [0.25, 0.3) is 5.91 Å². The normalized spacial score (nSPS) is 10.2. The zero-order valence-corrected chi connectivity index (χ0v) is 17.1. The number of amides is 1. The van der Waals surface area contributed by atoms with Crippen molar-refractivity contribution >= 4 is 17.7 Å². The lowest BCUT2D eigenvalue weighted by atomic mass is 9.98. The van der Waals surface area contributed by atoms with Crippen LogP contribution in [-0.4, -0.2) is 29.9 Å². The van der Waals surface area contributed by atoms with Gasteiger partial charge in [-0.2, -0.15) is 10.5 Å². The molecule has 0 unspecified atom stereocenters. The number of nitrogens with zero attached hydrogens (tertiary/aromatic N) is 4. The van der Waals surface area contributed by atoms with E-state index in [2.05, 4.69) is 17.1 Å². The first-order valence-electron chi connectivity index (χ1n) is 8.78. The minimum atomic E-state index is -0.235. The molecule has 0 fully saturated rings. The van der Waals surface area contributed by atoms with E-state index in [1.165, 1.54) is 22.9 Å². The summed E-state index contributed by atoms with van der Waals surface area (Å²) < 4.78 is 5.54. The number of nitriles is 2. The number of hydrogen-bond acceptors (Lipinski definition) is 6. The molecule has 0 aliphatic carbocycles. The first kappa shape index (κ1) is 20.2. The van der Waals surface area contributed by atoms with Crippen LogP contribution in [0.25, 0.3) is 11.3 Å². The molecule has 0 saturated heterocycles. The molecule has 1 amide bonds. The highest BCUT2D eigenvalue weighted by Crippen LogP contribution is 2.36. The summed E-state index contributed by atoms with van der Waals surface area (Å²) in [5.41, 5.74) is 3.28. The van der Waals surface area contributed by atoms with Gasteiger partial charge in [-0.15, -0.1) is 11.8 Å². The number of thioether (sulfide) groups is 1. The van der Waals surface area contributed by atoms with Crippen LogP contribution in [0.1, 0.15) is 32.7 Å². The molecule has 0 spiro atoms. The summed E-state index contributed by atoms with van der Waals surface area (Å²) in [7, 11) is 3.32. The summed E-state index contributed by atoms with van der Waals surface area (Å²) in [6, 6.07) is 15.0. The number of carbonyl (C=O) groups excluding carboxylic acids is 1. The SMILES string of the molecule is Cc1nc(SCc2ccc(C#N)cc2)c(C#N)c(-c2ccco2)c1C(=O)N(C)C. The average molecular weight is 402 g/mol. The first-order chi connectivity index (χ1) is 14.0. The van der Waals surface area contributed by atoms with Gasteiger partial charge >= 0.3 is 0 Å². The molecule has 3 rings (SSSR count). The molecular weight excluding hydrogens is 384 g/mol. The van der Waals surface area contributed by atoms with Crippen molar-refractivity contribution in [1.29, 1.82) is 10.5 Å². The third-order valence-electron chi connectivity index (χ3n) is 4.30. The van der Waals surface area contributed by atoms with Gasteiger partial charge in [0, 0.05) is 19.8 Å². The summed E-state index contributed by atoms with van der Waals surface area (Å²) in [6.45, 7) is 1.76. The molecule has 144 valence electrons. The quantitative estimate of drug-likeness (QED) is 0.588. The minimum absolute atomic E-state index is 0.235. The van der Waals surface area contributed by atoms with Crippen molar-refractivity contribution in [2.24, 2.45) is 0 Å². The van der Waals surface area contributed by atoms with E-state index >= 15 is 0 Å². The van der Waals surface area contributed by atoms with Crippen molar-refractivity contribution in [1.82, 2.24) is 9.88 Å². The summed E-state index contributed by atoms with van der Waals surface area (Å²) in [6.07, 6.45) is 1.51. The Labute approximate surface area is 173 Å². The molecule has 29 heavy (non-hydrogen) atoms. The third kappa shape index (κ3) is 4.16. The molecule has 0 aliphatic heterocycles. The highest BCUT2D eigenvalue weighted by atomic mass is 32.2. The van der Waals surface area contributed by atoms with Gasteiger partial charge in [0.2, 0.25) is 0 Å². The summed E-state index contributed by atoms with van der Waals surface area (Å²) in [4.78, 5) is 18.8. The van der Waals surface area contributed by atoms with Crippen LogP contribution >= 0.6 is 11.8 Å². The van der Waals surface area contributed by atoms with Crippen molar-refractivity contribution in [2.45, 2.75) is 17.7 Å². The fourth-order valence-corrected chi connectivity index (χ4v) is 3.85. The maximum absolute atomic E-state index is 12.8. The Morgan fingerprint density at radius 3 is 2.45 bits per heavy atom. The van der Waals surface area contributed by atoms with Crippen LogP contribution in [0.5, 0.6) is 0 Å². The van der Waals surface area contributed by atoms with Gasteiger partial charge in [-0.3, -0.25) is 4.79 Å². The Morgan fingerprint density at radius 1 is 1.17 bits per heavy atom. The predicted octanol–water partition coefficient (Wildman–Crippen LogP) is 4.39. The molecule has 3 aromatic rings. The standard InChI is InChI=1S/C22H18N4O2S/c1-14-19(22(27)26(2)3)20(18-5-4-10-28-18)17(12-24)21(25-14)29-13-16-8-6-15(11-23)7-9-16/h4-10H,13H2,1-3H3. The van der Waals surface area contributed by atoms with E-state index in [4.69, 9.17) is 9.68 Å². The molecular formula is C22H18N4O2S. The molecule has 1 aromatic carbocycles. The molecule has 0 N–H and O–H groups in total. The van der Waals surface area contributed by atoms with Crippen LogP contribution < -0.4 is 0 Å². The number of rotatable bonds is 5. The van der Waals surface area contributed by atoms with Gasteiger partial charge < -0.3 is 9.32 Å². The van der Waals surface area contributed by atoms with Crippen molar-refractivity contribution in [3.63, 3.8) is 0 Å². The lowest BCUT2D eigenvalue weighted by Crippen LogP contribution is -2.24. The van der Waals surface area contributed by atoms with Gasteiger partial charge in [0.15, 0.2) is 0 Å². The number of hydrogen-bond donors (Lipinski definition) is 0. The van der Waals surface area contributed by atoms with Crippen LogP contribution in [0, 0.1) is 29.6 Å². The van der Waals surface area contributed by atoms with E-state index in [0.29, 0.717) is 44.5 Å². The number of furan rings is 1. The molecule has 2 aromatic heterocycles. The van der Waals surface area contributed by atoms with Gasteiger partial charge in [0.1, 0.15) is 16.9 Å². The molecule has 7 heteroatoms. The third-order valence-corrected chi connectivity index (χ3v) is 5.35. The van der Waals surface area contributed by atoms with Crippen molar-refractivity contribution in [3.05, 3.63) is 70.6 Å². The number of pyridine rings is 1. The van der Waals surface area contributed by atoms with Crippen LogP contribution in [0.4, 0.5) is 0 Å². The van der Waals surface area contributed by atoms with Crippen LogP contribution in [0.3, 0.4) is 0 Å². The second kappa shape index (κ2) is 8.64. The highest BCUT2D eigenvalue weighted by Gasteiger charge is 2.26. The average Bonchev–Trinajstić information content (AvgIpc) is 3.26. The summed E-state index contributed by atoms with van der Waals surface area (Å²) in [5.74, 6) is 0.796. The fourth-order valence-electron chi connectivity index (χ4n) is 2.86. The zero-order chi connectivity index (χ0) is 21.0. The second-order valence-electron chi connectivity index (χ2n) is 6.51. The van der Waals surface area contributed by atoms with Gasteiger partial charge in [-0.25, -0.2) is 4.98 Å². The van der Waals surface area contributed by atoms with Gasteiger partial charge in [-0.1, -0.05) is 12.1 Å². The second-order valence-corrected chi connectivity index (χ2v) is 7.48. The highest BCUT2D eigenvalue weighted by molar-refractivity contribution is 7.98. The largest absolute Gasteiger partial charge is 0.464 e. The van der Waals surface area contributed by atoms with E-state index in [-0.39, 0.29) is 5.91 Å². The smallest absolute Gasteiger partial charge is 0.255 e. The molecule has 0 aliphatic rings. The predicted molar refractivity (Wildman–Crippen MR) is 110 cm³/mol. The number of benzene rings is 1. The van der Waals surface area contributed by atoms with Crippen molar-refractivity contribution in [3.8, 4) is 23.5 Å². The molecule has 0 radical (unpaired) electrons. The fraction of sp³-hybridized carbons (Fsp3) is 0.182. The minimum Gasteiger partial charge on any atom is -0.464 e. The Kier molecular flexibility index (Phi) is 6.01. The maximum atomic E-state index is 12.8. The van der Waals surface area contributed by atoms with Crippen molar-refractivity contribution in [2.75, 3.05) is 14.1 Å². The van der Waals surface area contributed by atoms with E-state index in [1.807, 2.05) is 12.1 Å². The van der Waals surface area contributed by atoms with Gasteiger partial charge in [0.05, 0.1) is 40.3 Å². The van der Waals surface area contributed by atoms with Crippen molar-refractivity contribution < 1.29 is 9.21 Å². The van der Waals surface area contributed by atoms with Crippen LogP contribution in [-0.2, 0) is 5.75 Å². The number of carbonyl (C=O) groups is 1. The molecule has 0 bridgehead atoms. The Morgan fingerprint density at radius 2 is 1.90 bits per heavy atom. The number of aromatic nitrogens is 1. The van der Waals surface area contributed by atoms with Gasteiger partial charge in [-0.05, 0) is 36.8 Å². The van der Waals surface area contributed by atoms with Crippen LogP contribution in [0.15, 0.2) is 52.1 Å². The van der Waals surface area contributed by atoms with E-state index in [0.717, 1.165) is 5.56 Å². The summed E-state index contributed by atoms with van der Waals surface area (Å²) >= 11 is 1.41. The molecule has 6 nitrogen and oxygen atoms in total. The van der Waals surface area contributed by atoms with E-state index in [9.17, 15) is 10.1 Å². The molecule has 0 atom stereocenters. The summed E-state index contributed by atoms with van der Waals surface area (Å²) in [5, 5.41) is 19.4. The lowest BCUT2D eigenvalue weighted by molar-refractivity contribution is 0.0827. The topological polar surface area (TPSA) is 93.9 Å². The Bertz CT molecular complexity index is 1120. The Balaban J connectivity index is 2.07. The number of aryl methyl sites for hydroxylation is 1. The monoisotopic (exact) mass is 402 g/mol. The maximum Gasteiger partial charge on any atom is 0.255 e. The van der Waals surface area contributed by atoms with E-state index in [1.54, 1.807) is 45.3 Å². The zero-order valence-electron chi connectivity index (χ0n) is 16.3. The molecule has 2 heterocycles. The Hall–Kier alpha value is -3.55. The first-order valence-corrected chi connectivity index (χ1v) is 9.77.